The molecule has 110 valence electrons. The highest BCUT2D eigenvalue weighted by Gasteiger charge is 2.27. The summed E-state index contributed by atoms with van der Waals surface area (Å²) in [4.78, 5) is 12.2. The van der Waals surface area contributed by atoms with Crippen molar-refractivity contribution in [3.63, 3.8) is 0 Å². The minimum atomic E-state index is 0.0869. The molecule has 1 fully saturated rings. The standard InChI is InChI=1S/C18H27NO/c1-14(19-17(20)15-9-7-8-10-15)13-18(2,3)16-11-5-4-6-12-16/h4-6,11-12,14-15H,7-10,13H2,1-3H3,(H,19,20). The highest BCUT2D eigenvalue weighted by atomic mass is 16.1. The van der Waals surface area contributed by atoms with Gasteiger partial charge in [-0.05, 0) is 37.2 Å². The first kappa shape index (κ1) is 15.1. The Morgan fingerprint density at radius 2 is 1.85 bits per heavy atom. The molecule has 0 spiro atoms. The summed E-state index contributed by atoms with van der Waals surface area (Å²) in [6.45, 7) is 6.62. The minimum Gasteiger partial charge on any atom is -0.353 e. The molecule has 2 rings (SSSR count). The van der Waals surface area contributed by atoms with Gasteiger partial charge < -0.3 is 5.32 Å². The highest BCUT2D eigenvalue weighted by Crippen LogP contribution is 2.29. The van der Waals surface area contributed by atoms with Crippen LogP contribution in [0.25, 0.3) is 0 Å². The van der Waals surface area contributed by atoms with Gasteiger partial charge in [0.2, 0.25) is 5.91 Å². The van der Waals surface area contributed by atoms with Crippen LogP contribution in [-0.2, 0) is 10.2 Å². The third kappa shape index (κ3) is 3.84. The van der Waals surface area contributed by atoms with Crippen LogP contribution in [0.3, 0.4) is 0 Å². The predicted octanol–water partition coefficient (Wildman–Crippen LogP) is 4.05. The third-order valence-corrected chi connectivity index (χ3v) is 4.49. The molecule has 0 aromatic heterocycles. The van der Waals surface area contributed by atoms with Gasteiger partial charge in [0, 0.05) is 12.0 Å². The molecule has 1 atom stereocenters. The smallest absolute Gasteiger partial charge is 0.223 e. The zero-order chi connectivity index (χ0) is 14.6. The Labute approximate surface area is 123 Å². The van der Waals surface area contributed by atoms with E-state index in [9.17, 15) is 4.79 Å². The van der Waals surface area contributed by atoms with Crippen LogP contribution in [0.2, 0.25) is 0 Å². The van der Waals surface area contributed by atoms with Crippen LogP contribution in [0.5, 0.6) is 0 Å². The largest absolute Gasteiger partial charge is 0.353 e. The molecule has 1 amide bonds. The number of carbonyl (C=O) groups is 1. The van der Waals surface area contributed by atoms with Crippen LogP contribution in [0, 0.1) is 5.92 Å². The fourth-order valence-electron chi connectivity index (χ4n) is 3.37. The second kappa shape index (κ2) is 6.43. The van der Waals surface area contributed by atoms with Crippen LogP contribution >= 0.6 is 0 Å². The van der Waals surface area contributed by atoms with Crippen molar-refractivity contribution in [2.24, 2.45) is 5.92 Å². The number of carbonyl (C=O) groups excluding carboxylic acids is 1. The first-order chi connectivity index (χ1) is 9.49. The van der Waals surface area contributed by atoms with Gasteiger partial charge in [0.25, 0.3) is 0 Å². The lowest BCUT2D eigenvalue weighted by Crippen LogP contribution is -2.39. The van der Waals surface area contributed by atoms with E-state index in [4.69, 9.17) is 0 Å². The van der Waals surface area contributed by atoms with Gasteiger partial charge in [-0.25, -0.2) is 0 Å². The molecule has 0 bridgehead atoms. The van der Waals surface area contributed by atoms with Crippen molar-refractivity contribution in [3.05, 3.63) is 35.9 Å². The molecule has 2 nitrogen and oxygen atoms in total. The second-order valence-corrected chi connectivity index (χ2v) is 6.85. The summed E-state index contributed by atoms with van der Waals surface area (Å²) in [7, 11) is 0. The van der Waals surface area contributed by atoms with Crippen LogP contribution < -0.4 is 5.32 Å². The van der Waals surface area contributed by atoms with Crippen molar-refractivity contribution >= 4 is 5.91 Å². The number of nitrogens with one attached hydrogen (secondary N) is 1. The zero-order valence-electron chi connectivity index (χ0n) is 13.0. The monoisotopic (exact) mass is 273 g/mol. The molecule has 0 radical (unpaired) electrons. The second-order valence-electron chi connectivity index (χ2n) is 6.85. The van der Waals surface area contributed by atoms with Crippen molar-refractivity contribution in [1.82, 2.24) is 5.32 Å². The van der Waals surface area contributed by atoms with Crippen LogP contribution in [-0.4, -0.2) is 11.9 Å². The van der Waals surface area contributed by atoms with E-state index in [-0.39, 0.29) is 23.3 Å². The van der Waals surface area contributed by atoms with Gasteiger partial charge in [-0.1, -0.05) is 57.0 Å². The molecular weight excluding hydrogens is 246 g/mol. The summed E-state index contributed by atoms with van der Waals surface area (Å²) in [5.74, 6) is 0.524. The van der Waals surface area contributed by atoms with E-state index in [1.807, 2.05) is 6.07 Å². The molecule has 0 aliphatic heterocycles. The van der Waals surface area contributed by atoms with Crippen LogP contribution in [0.1, 0.15) is 58.4 Å². The maximum atomic E-state index is 12.2. The Hall–Kier alpha value is -1.31. The number of amides is 1. The summed E-state index contributed by atoms with van der Waals surface area (Å²) in [6.07, 6.45) is 5.53. The van der Waals surface area contributed by atoms with Crippen molar-refractivity contribution in [3.8, 4) is 0 Å². The molecular formula is C18H27NO. The van der Waals surface area contributed by atoms with Gasteiger partial charge in [0.1, 0.15) is 0 Å². The van der Waals surface area contributed by atoms with Gasteiger partial charge >= 0.3 is 0 Å². The van der Waals surface area contributed by atoms with E-state index < -0.39 is 0 Å². The van der Waals surface area contributed by atoms with E-state index >= 15 is 0 Å². The number of hydrogen-bond acceptors (Lipinski definition) is 1. The summed E-state index contributed by atoms with van der Waals surface area (Å²) < 4.78 is 0. The molecule has 0 heterocycles. The Bertz CT molecular complexity index is 432. The van der Waals surface area contributed by atoms with E-state index in [2.05, 4.69) is 50.4 Å². The Morgan fingerprint density at radius 3 is 2.45 bits per heavy atom. The maximum Gasteiger partial charge on any atom is 0.223 e. The maximum absolute atomic E-state index is 12.2. The predicted molar refractivity (Wildman–Crippen MR) is 83.6 cm³/mol. The van der Waals surface area contributed by atoms with E-state index in [0.717, 1.165) is 19.3 Å². The van der Waals surface area contributed by atoms with Crippen LogP contribution in [0.4, 0.5) is 0 Å². The summed E-state index contributed by atoms with van der Waals surface area (Å²) in [5.41, 5.74) is 1.42. The fraction of sp³-hybridized carbons (Fsp3) is 0.611. The molecule has 1 unspecified atom stereocenters. The van der Waals surface area contributed by atoms with Crippen molar-refractivity contribution < 1.29 is 4.79 Å². The lowest BCUT2D eigenvalue weighted by molar-refractivity contribution is -0.125. The zero-order valence-corrected chi connectivity index (χ0v) is 13.0. The molecule has 1 N–H and O–H groups in total. The SMILES string of the molecule is CC(CC(C)(C)c1ccccc1)NC(=O)C1CCCC1. The molecule has 1 saturated carbocycles. The normalized spacial score (nSPS) is 17.9. The first-order valence-corrected chi connectivity index (χ1v) is 7.85. The van der Waals surface area contributed by atoms with Crippen molar-refractivity contribution in [2.45, 2.75) is 64.3 Å². The van der Waals surface area contributed by atoms with Gasteiger partial charge in [0.15, 0.2) is 0 Å². The fourth-order valence-corrected chi connectivity index (χ4v) is 3.37. The number of rotatable bonds is 5. The summed E-state index contributed by atoms with van der Waals surface area (Å²) in [5, 5.41) is 3.21. The minimum absolute atomic E-state index is 0.0869. The quantitative estimate of drug-likeness (QED) is 0.861. The summed E-state index contributed by atoms with van der Waals surface area (Å²) in [6, 6.07) is 10.8. The van der Waals surface area contributed by atoms with Gasteiger partial charge in [-0.3, -0.25) is 4.79 Å². The van der Waals surface area contributed by atoms with Gasteiger partial charge in [-0.15, -0.1) is 0 Å². The highest BCUT2D eigenvalue weighted by molar-refractivity contribution is 5.79. The molecule has 1 aliphatic carbocycles. The summed E-state index contributed by atoms with van der Waals surface area (Å²) >= 11 is 0. The van der Waals surface area contributed by atoms with Crippen LogP contribution in [0.15, 0.2) is 30.3 Å². The lowest BCUT2D eigenvalue weighted by atomic mass is 9.79. The number of hydrogen-bond donors (Lipinski definition) is 1. The molecule has 1 aromatic carbocycles. The Morgan fingerprint density at radius 1 is 1.25 bits per heavy atom. The van der Waals surface area contributed by atoms with E-state index in [1.165, 1.54) is 18.4 Å². The van der Waals surface area contributed by atoms with E-state index in [0.29, 0.717) is 0 Å². The third-order valence-electron chi connectivity index (χ3n) is 4.49. The Kier molecular flexibility index (Phi) is 4.85. The number of benzene rings is 1. The van der Waals surface area contributed by atoms with Gasteiger partial charge in [-0.2, -0.15) is 0 Å². The average Bonchev–Trinajstić information content (AvgIpc) is 2.93. The van der Waals surface area contributed by atoms with Gasteiger partial charge in [0.05, 0.1) is 0 Å². The molecule has 20 heavy (non-hydrogen) atoms. The first-order valence-electron chi connectivity index (χ1n) is 7.85. The molecule has 0 saturated heterocycles. The molecule has 1 aromatic rings. The topological polar surface area (TPSA) is 29.1 Å². The average molecular weight is 273 g/mol. The Balaban J connectivity index is 1.90. The van der Waals surface area contributed by atoms with Crippen molar-refractivity contribution in [1.29, 1.82) is 0 Å². The van der Waals surface area contributed by atoms with Crippen molar-refractivity contribution in [2.75, 3.05) is 0 Å². The van der Waals surface area contributed by atoms with E-state index in [1.54, 1.807) is 0 Å². The lowest BCUT2D eigenvalue weighted by Gasteiger charge is -2.29. The molecule has 1 aliphatic rings. The molecule has 2 heteroatoms.